The van der Waals surface area contributed by atoms with Crippen molar-refractivity contribution in [3.63, 3.8) is 0 Å². The Balaban J connectivity index is 2.02. The first-order valence-electron chi connectivity index (χ1n) is 7.69. The number of hydrogen-bond acceptors (Lipinski definition) is 3. The Kier molecular flexibility index (Phi) is 8.06. The van der Waals surface area contributed by atoms with E-state index in [1.165, 1.54) is 32.1 Å². The van der Waals surface area contributed by atoms with E-state index >= 15 is 0 Å². The van der Waals surface area contributed by atoms with E-state index in [-0.39, 0.29) is 5.97 Å². The van der Waals surface area contributed by atoms with Crippen LogP contribution in [0.1, 0.15) is 64.7 Å². The number of cyclic esters (lactones) is 1. The summed E-state index contributed by atoms with van der Waals surface area (Å²) in [6, 6.07) is 0. The summed E-state index contributed by atoms with van der Waals surface area (Å²) in [4.78, 5) is 11.4. The van der Waals surface area contributed by atoms with Crippen LogP contribution >= 0.6 is 0 Å². The molecule has 1 aliphatic heterocycles. The van der Waals surface area contributed by atoms with Crippen molar-refractivity contribution in [3.8, 4) is 12.3 Å². The third kappa shape index (κ3) is 5.79. The number of hydrogen-bond donors (Lipinski definition) is 1. The van der Waals surface area contributed by atoms with E-state index in [9.17, 15) is 9.90 Å². The van der Waals surface area contributed by atoms with Crippen molar-refractivity contribution in [1.82, 2.24) is 0 Å². The van der Waals surface area contributed by atoms with Gasteiger partial charge in [0.2, 0.25) is 0 Å². The molecule has 2 atom stereocenters. The van der Waals surface area contributed by atoms with Gasteiger partial charge in [0.25, 0.3) is 0 Å². The lowest BCUT2D eigenvalue weighted by Crippen LogP contribution is -2.17. The molecule has 0 aromatic rings. The molecule has 1 heterocycles. The van der Waals surface area contributed by atoms with Crippen LogP contribution in [0.25, 0.3) is 0 Å². The minimum absolute atomic E-state index is 0.362. The Morgan fingerprint density at radius 3 is 2.35 bits per heavy atom. The van der Waals surface area contributed by atoms with Crippen LogP contribution in [0.3, 0.4) is 0 Å². The first-order valence-corrected chi connectivity index (χ1v) is 7.69. The van der Waals surface area contributed by atoms with Gasteiger partial charge in [-0.2, -0.15) is 0 Å². The predicted molar refractivity (Wildman–Crippen MR) is 80.0 cm³/mol. The lowest BCUT2D eigenvalue weighted by atomic mass is 10.0. The monoisotopic (exact) mass is 278 g/mol. The van der Waals surface area contributed by atoms with E-state index in [0.717, 1.165) is 25.7 Å². The topological polar surface area (TPSA) is 46.5 Å². The van der Waals surface area contributed by atoms with Gasteiger partial charge in [-0.1, -0.05) is 38.2 Å². The highest BCUT2D eigenvalue weighted by Gasteiger charge is 2.34. The second-order valence-electron chi connectivity index (χ2n) is 5.43. The molecule has 3 heteroatoms. The summed E-state index contributed by atoms with van der Waals surface area (Å²) in [5.74, 6) is 2.30. The summed E-state index contributed by atoms with van der Waals surface area (Å²) in [7, 11) is 0. The van der Waals surface area contributed by atoms with Crippen LogP contribution < -0.4 is 0 Å². The highest BCUT2D eigenvalue weighted by atomic mass is 16.6. The number of carbonyl (C=O) groups excluding carboxylic acids is 1. The van der Waals surface area contributed by atoms with Crippen LogP contribution in [-0.4, -0.2) is 23.3 Å². The fourth-order valence-electron chi connectivity index (χ4n) is 2.39. The molecule has 1 rings (SSSR count). The van der Waals surface area contributed by atoms with Gasteiger partial charge in [0.1, 0.15) is 12.2 Å². The van der Waals surface area contributed by atoms with E-state index in [0.29, 0.717) is 5.57 Å². The van der Waals surface area contributed by atoms with Gasteiger partial charge < -0.3 is 9.84 Å². The first kappa shape index (κ1) is 16.8. The SMILES string of the molecule is C#CCCCCCCCCC/C=C1\C(=O)O[C@@H](C)[C@H]1O. The molecule has 0 amide bonds. The van der Waals surface area contributed by atoms with Crippen LogP contribution in [-0.2, 0) is 9.53 Å². The van der Waals surface area contributed by atoms with E-state index in [4.69, 9.17) is 11.2 Å². The number of rotatable bonds is 9. The van der Waals surface area contributed by atoms with Crippen LogP contribution in [0.15, 0.2) is 11.6 Å². The largest absolute Gasteiger partial charge is 0.456 e. The van der Waals surface area contributed by atoms with Crippen molar-refractivity contribution in [2.75, 3.05) is 0 Å². The van der Waals surface area contributed by atoms with Gasteiger partial charge in [0, 0.05) is 6.42 Å². The molecule has 1 fully saturated rings. The van der Waals surface area contributed by atoms with Crippen molar-refractivity contribution in [2.45, 2.75) is 76.9 Å². The Labute approximate surface area is 122 Å². The maximum atomic E-state index is 11.4. The number of aliphatic hydroxyl groups excluding tert-OH is 1. The number of ether oxygens (including phenoxy) is 1. The summed E-state index contributed by atoms with van der Waals surface area (Å²) < 4.78 is 4.96. The minimum Gasteiger partial charge on any atom is -0.456 e. The van der Waals surface area contributed by atoms with Gasteiger partial charge in [0.05, 0.1) is 5.57 Å². The molecule has 0 aliphatic carbocycles. The highest BCUT2D eigenvalue weighted by molar-refractivity contribution is 5.92. The summed E-state index contributed by atoms with van der Waals surface area (Å²) >= 11 is 0. The number of esters is 1. The molecule has 0 unspecified atom stereocenters. The third-order valence-electron chi connectivity index (χ3n) is 3.68. The number of unbranched alkanes of at least 4 members (excludes halogenated alkanes) is 8. The van der Waals surface area contributed by atoms with Crippen LogP contribution in [0, 0.1) is 12.3 Å². The lowest BCUT2D eigenvalue weighted by molar-refractivity contribution is -0.138. The molecule has 0 radical (unpaired) electrons. The first-order chi connectivity index (χ1) is 9.66. The molecular weight excluding hydrogens is 252 g/mol. The van der Waals surface area contributed by atoms with Gasteiger partial charge >= 0.3 is 5.97 Å². The van der Waals surface area contributed by atoms with Crippen molar-refractivity contribution in [1.29, 1.82) is 0 Å². The molecule has 112 valence electrons. The second kappa shape index (κ2) is 9.61. The quantitative estimate of drug-likeness (QED) is 0.304. The van der Waals surface area contributed by atoms with Crippen molar-refractivity contribution < 1.29 is 14.6 Å². The number of allylic oxidation sites excluding steroid dienone is 1. The molecule has 0 saturated carbocycles. The van der Waals surface area contributed by atoms with Crippen LogP contribution in [0.4, 0.5) is 0 Å². The smallest absolute Gasteiger partial charge is 0.336 e. The van der Waals surface area contributed by atoms with E-state index in [1.807, 2.05) is 6.08 Å². The van der Waals surface area contributed by atoms with Crippen molar-refractivity contribution >= 4 is 5.97 Å². The molecule has 1 saturated heterocycles. The molecule has 1 aliphatic rings. The molecule has 0 aromatic heterocycles. The van der Waals surface area contributed by atoms with Crippen LogP contribution in [0.2, 0.25) is 0 Å². The maximum Gasteiger partial charge on any atom is 0.336 e. The molecule has 3 nitrogen and oxygen atoms in total. The summed E-state index contributed by atoms with van der Waals surface area (Å²) in [5.41, 5.74) is 0.437. The summed E-state index contributed by atoms with van der Waals surface area (Å²) in [5, 5.41) is 9.74. The van der Waals surface area contributed by atoms with Gasteiger partial charge in [-0.3, -0.25) is 0 Å². The Bertz CT molecular complexity index is 365. The average Bonchev–Trinajstić information content (AvgIpc) is 2.67. The van der Waals surface area contributed by atoms with Crippen molar-refractivity contribution in [2.24, 2.45) is 0 Å². The third-order valence-corrected chi connectivity index (χ3v) is 3.68. The Morgan fingerprint density at radius 1 is 1.20 bits per heavy atom. The molecule has 20 heavy (non-hydrogen) atoms. The normalized spacial score (nSPS) is 23.9. The number of terminal acetylenes is 1. The number of aliphatic hydroxyl groups is 1. The van der Waals surface area contributed by atoms with Crippen LogP contribution in [0.5, 0.6) is 0 Å². The van der Waals surface area contributed by atoms with E-state index in [2.05, 4.69) is 5.92 Å². The van der Waals surface area contributed by atoms with E-state index < -0.39 is 12.2 Å². The zero-order chi connectivity index (χ0) is 14.8. The predicted octanol–water partition coefficient (Wildman–Crippen LogP) is 3.36. The minimum atomic E-state index is -0.751. The Hall–Kier alpha value is -1.27. The molecular formula is C17H26O3. The summed E-state index contributed by atoms with van der Waals surface area (Å²) in [6.45, 7) is 1.71. The van der Waals surface area contributed by atoms with E-state index in [1.54, 1.807) is 6.92 Å². The zero-order valence-electron chi connectivity index (χ0n) is 12.4. The molecule has 0 spiro atoms. The Morgan fingerprint density at radius 2 is 1.80 bits per heavy atom. The molecule has 0 aromatic carbocycles. The van der Waals surface area contributed by atoms with Gasteiger partial charge in [0.15, 0.2) is 0 Å². The maximum absolute atomic E-state index is 11.4. The van der Waals surface area contributed by atoms with Crippen molar-refractivity contribution in [3.05, 3.63) is 11.6 Å². The fraction of sp³-hybridized carbons (Fsp3) is 0.706. The molecule has 0 bridgehead atoms. The van der Waals surface area contributed by atoms with Gasteiger partial charge in [-0.15, -0.1) is 12.3 Å². The fourth-order valence-corrected chi connectivity index (χ4v) is 2.39. The lowest BCUT2D eigenvalue weighted by Gasteiger charge is -2.04. The number of carbonyl (C=O) groups is 1. The van der Waals surface area contributed by atoms with Gasteiger partial charge in [-0.25, -0.2) is 4.79 Å². The summed E-state index contributed by atoms with van der Waals surface area (Å²) in [6.07, 6.45) is 15.9. The zero-order valence-corrected chi connectivity index (χ0v) is 12.4. The van der Waals surface area contributed by atoms with Gasteiger partial charge in [-0.05, 0) is 26.2 Å². The molecule has 1 N–H and O–H groups in total. The highest BCUT2D eigenvalue weighted by Crippen LogP contribution is 2.22. The second-order valence-corrected chi connectivity index (χ2v) is 5.43. The average molecular weight is 278 g/mol. The standard InChI is InChI=1S/C17H26O3/c1-3-4-5-6-7-8-9-10-11-12-13-15-16(18)14(2)20-17(15)19/h1,13-14,16,18H,4-12H2,2H3/b15-13-/t14-,16+/m0/s1.